The molecule has 2 fully saturated rings. The number of nitrogens with zero attached hydrogens (tertiary/aromatic N) is 1. The van der Waals surface area contributed by atoms with Crippen LogP contribution >= 0.6 is 0 Å². The van der Waals surface area contributed by atoms with E-state index in [-0.39, 0.29) is 24.9 Å². The van der Waals surface area contributed by atoms with Crippen molar-refractivity contribution in [2.45, 2.75) is 12.8 Å². The lowest BCUT2D eigenvalue weighted by Gasteiger charge is -2.11. The van der Waals surface area contributed by atoms with Crippen LogP contribution in [-0.2, 0) is 14.4 Å². The lowest BCUT2D eigenvalue weighted by Crippen LogP contribution is -2.39. The van der Waals surface area contributed by atoms with Gasteiger partial charge in [0, 0.05) is 19.0 Å². The van der Waals surface area contributed by atoms with Gasteiger partial charge in [0.2, 0.25) is 5.91 Å². The Balaban J connectivity index is 1.77. The Morgan fingerprint density at radius 2 is 2.06 bits per heavy atom. The van der Waals surface area contributed by atoms with Gasteiger partial charge in [-0.3, -0.25) is 24.6 Å². The van der Waals surface area contributed by atoms with E-state index in [1.165, 1.54) is 0 Å². The topological polar surface area (TPSA) is 95.6 Å². The van der Waals surface area contributed by atoms with Crippen molar-refractivity contribution in [3.8, 4) is 0 Å². The molecule has 2 rings (SSSR count). The summed E-state index contributed by atoms with van der Waals surface area (Å²) in [6.07, 6.45) is 1.79. The van der Waals surface area contributed by atoms with Crippen molar-refractivity contribution in [1.82, 2.24) is 15.5 Å². The van der Waals surface area contributed by atoms with Crippen molar-refractivity contribution in [1.29, 1.82) is 0 Å². The smallest absolute Gasteiger partial charge is 0.331 e. The fourth-order valence-corrected chi connectivity index (χ4v) is 1.42. The van der Waals surface area contributed by atoms with Crippen molar-refractivity contribution in [3.05, 3.63) is 0 Å². The Hall–Kier alpha value is -1.92. The van der Waals surface area contributed by atoms with E-state index in [1.54, 1.807) is 0 Å². The van der Waals surface area contributed by atoms with Gasteiger partial charge in [0.05, 0.1) is 0 Å². The zero-order valence-corrected chi connectivity index (χ0v) is 8.49. The maximum atomic E-state index is 11.2. The Labute approximate surface area is 91.2 Å². The molecule has 7 nitrogen and oxygen atoms in total. The molecular formula is C9H11N3O4. The molecule has 0 radical (unpaired) electrons. The lowest BCUT2D eigenvalue weighted by atomic mass is 10.4. The van der Waals surface area contributed by atoms with Crippen LogP contribution < -0.4 is 10.6 Å². The first-order valence-electron chi connectivity index (χ1n) is 5.04. The molecule has 0 unspecified atom stereocenters. The Kier molecular flexibility index (Phi) is 2.59. The summed E-state index contributed by atoms with van der Waals surface area (Å²) in [5, 5.41) is 4.48. The van der Waals surface area contributed by atoms with E-state index in [4.69, 9.17) is 0 Å². The van der Waals surface area contributed by atoms with Gasteiger partial charge >= 0.3 is 17.8 Å². The van der Waals surface area contributed by atoms with E-state index in [1.807, 2.05) is 5.32 Å². The number of rotatable bonds is 4. The molecule has 0 aromatic heterocycles. The highest BCUT2D eigenvalue weighted by Crippen LogP contribution is 2.28. The lowest BCUT2D eigenvalue weighted by molar-refractivity contribution is -0.140. The van der Waals surface area contributed by atoms with E-state index >= 15 is 0 Å². The van der Waals surface area contributed by atoms with Crippen LogP contribution in [0.15, 0.2) is 0 Å². The minimum atomic E-state index is -0.918. The van der Waals surface area contributed by atoms with Crippen molar-refractivity contribution in [3.63, 3.8) is 0 Å². The van der Waals surface area contributed by atoms with Crippen LogP contribution in [0.4, 0.5) is 4.79 Å². The highest BCUT2D eigenvalue weighted by Gasteiger charge is 2.36. The van der Waals surface area contributed by atoms with Gasteiger partial charge in [0.25, 0.3) is 0 Å². The summed E-state index contributed by atoms with van der Waals surface area (Å²) in [5.74, 6) is -1.76. The van der Waals surface area contributed by atoms with Gasteiger partial charge in [-0.25, -0.2) is 4.79 Å². The molecule has 0 atom stereocenters. The molecule has 7 heteroatoms. The largest absolute Gasteiger partial charge is 0.354 e. The number of carbonyl (C=O) groups excluding carboxylic acids is 4. The second-order valence-corrected chi connectivity index (χ2v) is 3.78. The third kappa shape index (κ3) is 2.02. The first-order chi connectivity index (χ1) is 7.59. The van der Waals surface area contributed by atoms with E-state index in [2.05, 4.69) is 5.32 Å². The first-order valence-corrected chi connectivity index (χ1v) is 5.04. The molecule has 0 bridgehead atoms. The van der Waals surface area contributed by atoms with E-state index in [9.17, 15) is 19.2 Å². The predicted octanol–water partition coefficient (Wildman–Crippen LogP) is -1.41. The number of hydrogen-bond donors (Lipinski definition) is 2. The third-order valence-electron chi connectivity index (χ3n) is 2.49. The zero-order valence-electron chi connectivity index (χ0n) is 8.49. The summed E-state index contributed by atoms with van der Waals surface area (Å²) in [6, 6.07) is -0.726. The molecule has 86 valence electrons. The quantitative estimate of drug-likeness (QED) is 0.454. The van der Waals surface area contributed by atoms with Crippen molar-refractivity contribution >= 4 is 23.8 Å². The van der Waals surface area contributed by atoms with Gasteiger partial charge in [-0.15, -0.1) is 0 Å². The molecule has 0 spiro atoms. The van der Waals surface area contributed by atoms with Crippen molar-refractivity contribution in [2.24, 2.45) is 5.92 Å². The van der Waals surface area contributed by atoms with Crippen LogP contribution in [0.1, 0.15) is 12.8 Å². The van der Waals surface area contributed by atoms with Crippen LogP contribution in [0.25, 0.3) is 0 Å². The number of urea groups is 1. The maximum Gasteiger partial charge on any atom is 0.331 e. The average Bonchev–Trinajstić information content (AvgIpc) is 3.02. The number of amides is 5. The standard InChI is InChI=1S/C9H11N3O4/c13-6(5-1-2-5)10-3-4-12-8(15)7(14)11-9(12)16/h5H,1-4H2,(H,10,13)(H,11,14,16). The second-order valence-electron chi connectivity index (χ2n) is 3.78. The average molecular weight is 225 g/mol. The molecule has 2 N–H and O–H groups in total. The molecule has 1 saturated heterocycles. The van der Waals surface area contributed by atoms with Gasteiger partial charge in [-0.1, -0.05) is 0 Å². The SMILES string of the molecule is O=C1NC(=O)N(CCNC(=O)C2CC2)C1=O. The van der Waals surface area contributed by atoms with E-state index < -0.39 is 17.8 Å². The molecular weight excluding hydrogens is 214 g/mol. The Morgan fingerprint density at radius 1 is 1.38 bits per heavy atom. The van der Waals surface area contributed by atoms with Crippen molar-refractivity contribution in [2.75, 3.05) is 13.1 Å². The van der Waals surface area contributed by atoms with Crippen LogP contribution in [-0.4, -0.2) is 41.7 Å². The molecule has 1 aliphatic carbocycles. The van der Waals surface area contributed by atoms with Crippen LogP contribution in [0.2, 0.25) is 0 Å². The second kappa shape index (κ2) is 3.92. The summed E-state index contributed by atoms with van der Waals surface area (Å²) in [7, 11) is 0. The minimum Gasteiger partial charge on any atom is -0.354 e. The molecule has 5 amide bonds. The van der Waals surface area contributed by atoms with Gasteiger partial charge in [-0.05, 0) is 12.8 Å². The third-order valence-corrected chi connectivity index (χ3v) is 2.49. The summed E-state index contributed by atoms with van der Waals surface area (Å²) in [4.78, 5) is 45.0. The number of nitrogens with one attached hydrogen (secondary N) is 2. The number of carbonyl (C=O) groups is 4. The zero-order chi connectivity index (χ0) is 11.7. The molecule has 0 aromatic rings. The summed E-state index contributed by atoms with van der Waals surface area (Å²) in [5.41, 5.74) is 0. The number of imide groups is 2. The van der Waals surface area contributed by atoms with E-state index in [0.717, 1.165) is 17.7 Å². The molecule has 16 heavy (non-hydrogen) atoms. The predicted molar refractivity (Wildman–Crippen MR) is 51.0 cm³/mol. The number of hydrogen-bond acceptors (Lipinski definition) is 4. The summed E-state index contributed by atoms with van der Waals surface area (Å²) >= 11 is 0. The molecule has 2 aliphatic rings. The summed E-state index contributed by atoms with van der Waals surface area (Å²) < 4.78 is 0. The Morgan fingerprint density at radius 3 is 2.56 bits per heavy atom. The highest BCUT2D eigenvalue weighted by molar-refractivity contribution is 6.44. The normalized spacial score (nSPS) is 20.0. The monoisotopic (exact) mass is 225 g/mol. The fourth-order valence-electron chi connectivity index (χ4n) is 1.42. The fraction of sp³-hybridized carbons (Fsp3) is 0.556. The van der Waals surface area contributed by atoms with Crippen LogP contribution in [0, 0.1) is 5.92 Å². The molecule has 1 aliphatic heterocycles. The Bertz CT molecular complexity index is 375. The van der Waals surface area contributed by atoms with Gasteiger partial charge < -0.3 is 5.32 Å². The van der Waals surface area contributed by atoms with Crippen molar-refractivity contribution < 1.29 is 19.2 Å². The van der Waals surface area contributed by atoms with Gasteiger partial charge in [0.1, 0.15) is 0 Å². The maximum absolute atomic E-state index is 11.2. The first kappa shape index (κ1) is 10.6. The molecule has 1 heterocycles. The molecule has 1 saturated carbocycles. The minimum absolute atomic E-state index is 0.0227. The summed E-state index contributed by atoms with van der Waals surface area (Å²) in [6.45, 7) is 0.205. The van der Waals surface area contributed by atoms with Gasteiger partial charge in [-0.2, -0.15) is 0 Å². The van der Waals surface area contributed by atoms with Crippen LogP contribution in [0.5, 0.6) is 0 Å². The van der Waals surface area contributed by atoms with Crippen LogP contribution in [0.3, 0.4) is 0 Å². The van der Waals surface area contributed by atoms with Gasteiger partial charge in [0.15, 0.2) is 0 Å². The van der Waals surface area contributed by atoms with E-state index in [0.29, 0.717) is 0 Å². The highest BCUT2D eigenvalue weighted by atomic mass is 16.2. The molecule has 0 aromatic carbocycles.